The van der Waals surface area contributed by atoms with Gasteiger partial charge in [0.25, 0.3) is 5.89 Å². The summed E-state index contributed by atoms with van der Waals surface area (Å²) in [6.07, 6.45) is 0.638. The van der Waals surface area contributed by atoms with E-state index in [-0.39, 0.29) is 6.10 Å². The molecule has 1 aromatic carbocycles. The molecule has 1 unspecified atom stereocenters. The van der Waals surface area contributed by atoms with E-state index in [1.165, 1.54) is 0 Å². The van der Waals surface area contributed by atoms with Crippen LogP contribution in [-0.4, -0.2) is 23.4 Å². The van der Waals surface area contributed by atoms with Crippen molar-refractivity contribution in [2.24, 2.45) is 0 Å². The molecule has 0 aliphatic heterocycles. The van der Waals surface area contributed by atoms with E-state index in [1.807, 2.05) is 13.0 Å². The molecule has 5 nitrogen and oxygen atoms in total. The van der Waals surface area contributed by atoms with Gasteiger partial charge in [-0.3, -0.25) is 0 Å². The normalized spacial score (nSPS) is 12.1. The molecular weight excluding hydrogens is 230 g/mol. The molecule has 0 aliphatic rings. The molecular formula is C13H13N3O2. The second kappa shape index (κ2) is 5.43. The van der Waals surface area contributed by atoms with Crippen LogP contribution in [0.1, 0.15) is 18.3 Å². The maximum Gasteiger partial charge on any atom is 0.257 e. The van der Waals surface area contributed by atoms with Crippen molar-refractivity contribution in [3.05, 3.63) is 35.7 Å². The Kier molecular flexibility index (Phi) is 3.70. The number of hydrogen-bond donors (Lipinski definition) is 0. The van der Waals surface area contributed by atoms with Crippen molar-refractivity contribution in [1.29, 1.82) is 5.26 Å². The Hall–Kier alpha value is -2.19. The van der Waals surface area contributed by atoms with Gasteiger partial charge in [-0.15, -0.1) is 0 Å². The van der Waals surface area contributed by atoms with Crippen LogP contribution in [0.25, 0.3) is 11.5 Å². The van der Waals surface area contributed by atoms with Crippen LogP contribution in [0.4, 0.5) is 0 Å². The van der Waals surface area contributed by atoms with Crippen molar-refractivity contribution in [1.82, 2.24) is 10.1 Å². The minimum atomic E-state index is 0.0425. The Morgan fingerprint density at radius 3 is 3.06 bits per heavy atom. The first-order valence-electron chi connectivity index (χ1n) is 5.59. The molecule has 0 spiro atoms. The van der Waals surface area contributed by atoms with E-state index < -0.39 is 0 Å². The Morgan fingerprint density at radius 2 is 2.33 bits per heavy atom. The maximum absolute atomic E-state index is 8.83. The highest BCUT2D eigenvalue weighted by atomic mass is 16.5. The molecule has 2 aromatic rings. The third kappa shape index (κ3) is 2.73. The summed E-state index contributed by atoms with van der Waals surface area (Å²) in [4.78, 5) is 4.28. The number of rotatable bonds is 4. The van der Waals surface area contributed by atoms with Gasteiger partial charge in [-0.1, -0.05) is 11.2 Å². The molecule has 18 heavy (non-hydrogen) atoms. The Morgan fingerprint density at radius 1 is 1.50 bits per heavy atom. The summed E-state index contributed by atoms with van der Waals surface area (Å²) in [5.41, 5.74) is 1.32. The van der Waals surface area contributed by atoms with Crippen molar-refractivity contribution >= 4 is 0 Å². The van der Waals surface area contributed by atoms with Crippen molar-refractivity contribution in [3.8, 4) is 17.5 Å². The Bertz CT molecular complexity index is 572. The van der Waals surface area contributed by atoms with Crippen LogP contribution in [0.15, 0.2) is 28.8 Å². The maximum atomic E-state index is 8.83. The van der Waals surface area contributed by atoms with Gasteiger partial charge in [-0.2, -0.15) is 10.2 Å². The number of methoxy groups -OCH3 is 1. The molecule has 1 aromatic heterocycles. The Balaban J connectivity index is 2.21. The average Bonchev–Trinajstić information content (AvgIpc) is 2.87. The molecule has 92 valence electrons. The molecule has 1 heterocycles. The standard InChI is InChI=1S/C13H13N3O2/c1-9(17-2)6-12-15-13(18-16-12)11-5-3-4-10(7-11)8-14/h3-5,7,9H,6H2,1-2H3. The van der Waals surface area contributed by atoms with Gasteiger partial charge in [0.2, 0.25) is 0 Å². The fraction of sp³-hybridized carbons (Fsp3) is 0.308. The van der Waals surface area contributed by atoms with Crippen molar-refractivity contribution in [2.45, 2.75) is 19.4 Å². The molecule has 0 radical (unpaired) electrons. The molecule has 0 N–H and O–H groups in total. The lowest BCUT2D eigenvalue weighted by atomic mass is 10.1. The fourth-order valence-electron chi connectivity index (χ4n) is 1.52. The predicted molar refractivity (Wildman–Crippen MR) is 64.6 cm³/mol. The highest BCUT2D eigenvalue weighted by Crippen LogP contribution is 2.18. The van der Waals surface area contributed by atoms with E-state index >= 15 is 0 Å². The first-order chi connectivity index (χ1) is 8.72. The van der Waals surface area contributed by atoms with Crippen LogP contribution in [0.3, 0.4) is 0 Å². The number of ether oxygens (including phenoxy) is 1. The molecule has 0 amide bonds. The van der Waals surface area contributed by atoms with E-state index in [0.29, 0.717) is 23.7 Å². The molecule has 0 saturated carbocycles. The van der Waals surface area contributed by atoms with Crippen molar-refractivity contribution in [2.75, 3.05) is 7.11 Å². The van der Waals surface area contributed by atoms with Gasteiger partial charge in [0.1, 0.15) is 0 Å². The van der Waals surface area contributed by atoms with Gasteiger partial charge in [-0.05, 0) is 25.1 Å². The second-order valence-corrected chi connectivity index (χ2v) is 3.96. The topological polar surface area (TPSA) is 71.9 Å². The van der Waals surface area contributed by atoms with Crippen LogP contribution < -0.4 is 0 Å². The van der Waals surface area contributed by atoms with E-state index in [4.69, 9.17) is 14.5 Å². The van der Waals surface area contributed by atoms with E-state index in [9.17, 15) is 0 Å². The fourth-order valence-corrected chi connectivity index (χ4v) is 1.52. The van der Waals surface area contributed by atoms with Crippen LogP contribution in [-0.2, 0) is 11.2 Å². The number of benzene rings is 1. The zero-order chi connectivity index (χ0) is 13.0. The Labute approximate surface area is 105 Å². The number of aromatic nitrogens is 2. The number of nitrogens with zero attached hydrogens (tertiary/aromatic N) is 3. The monoisotopic (exact) mass is 243 g/mol. The van der Waals surface area contributed by atoms with Gasteiger partial charge in [0, 0.05) is 19.1 Å². The van der Waals surface area contributed by atoms with E-state index in [0.717, 1.165) is 5.56 Å². The van der Waals surface area contributed by atoms with Crippen LogP contribution in [0.2, 0.25) is 0 Å². The van der Waals surface area contributed by atoms with Crippen molar-refractivity contribution < 1.29 is 9.26 Å². The van der Waals surface area contributed by atoms with E-state index in [2.05, 4.69) is 16.2 Å². The van der Waals surface area contributed by atoms with E-state index in [1.54, 1.807) is 25.3 Å². The smallest absolute Gasteiger partial charge is 0.257 e. The first kappa shape index (κ1) is 12.3. The predicted octanol–water partition coefficient (Wildman–Crippen LogP) is 2.19. The lowest BCUT2D eigenvalue weighted by Crippen LogP contribution is -2.09. The summed E-state index contributed by atoms with van der Waals surface area (Å²) in [6, 6.07) is 9.14. The highest BCUT2D eigenvalue weighted by molar-refractivity contribution is 5.55. The summed E-state index contributed by atoms with van der Waals surface area (Å²) < 4.78 is 10.3. The molecule has 2 rings (SSSR count). The lowest BCUT2D eigenvalue weighted by Gasteiger charge is -2.03. The SMILES string of the molecule is COC(C)Cc1noc(-c2cccc(C#N)c2)n1. The van der Waals surface area contributed by atoms with Gasteiger partial charge < -0.3 is 9.26 Å². The van der Waals surface area contributed by atoms with Crippen LogP contribution in [0, 0.1) is 11.3 Å². The number of hydrogen-bond acceptors (Lipinski definition) is 5. The quantitative estimate of drug-likeness (QED) is 0.823. The second-order valence-electron chi connectivity index (χ2n) is 3.96. The zero-order valence-corrected chi connectivity index (χ0v) is 10.3. The van der Waals surface area contributed by atoms with Gasteiger partial charge in [0.15, 0.2) is 5.82 Å². The molecule has 0 fully saturated rings. The molecule has 0 bridgehead atoms. The van der Waals surface area contributed by atoms with Crippen LogP contribution >= 0.6 is 0 Å². The lowest BCUT2D eigenvalue weighted by molar-refractivity contribution is 0.116. The highest BCUT2D eigenvalue weighted by Gasteiger charge is 2.11. The molecule has 0 saturated heterocycles. The van der Waals surface area contributed by atoms with Gasteiger partial charge >= 0.3 is 0 Å². The van der Waals surface area contributed by atoms with Gasteiger partial charge in [-0.25, -0.2) is 0 Å². The summed E-state index contributed by atoms with van der Waals surface area (Å²) >= 11 is 0. The molecule has 5 heteroatoms. The van der Waals surface area contributed by atoms with Crippen LogP contribution in [0.5, 0.6) is 0 Å². The summed E-state index contributed by atoms with van der Waals surface area (Å²) in [6.45, 7) is 1.94. The summed E-state index contributed by atoms with van der Waals surface area (Å²) in [7, 11) is 1.64. The van der Waals surface area contributed by atoms with Gasteiger partial charge in [0.05, 0.1) is 17.7 Å². The third-order valence-corrected chi connectivity index (χ3v) is 2.58. The third-order valence-electron chi connectivity index (χ3n) is 2.58. The molecule has 0 aliphatic carbocycles. The summed E-state index contributed by atoms with van der Waals surface area (Å²) in [5.74, 6) is 1.02. The first-order valence-corrected chi connectivity index (χ1v) is 5.59. The largest absolute Gasteiger partial charge is 0.381 e. The van der Waals surface area contributed by atoms with Crippen molar-refractivity contribution in [3.63, 3.8) is 0 Å². The zero-order valence-electron chi connectivity index (χ0n) is 10.3. The minimum Gasteiger partial charge on any atom is -0.381 e. The summed E-state index contributed by atoms with van der Waals surface area (Å²) in [5, 5.41) is 12.7. The average molecular weight is 243 g/mol. The molecule has 1 atom stereocenters. The number of nitriles is 1. The minimum absolute atomic E-state index is 0.0425.